The molecular formula is C18H23N3O2. The van der Waals surface area contributed by atoms with Crippen molar-refractivity contribution in [2.75, 3.05) is 0 Å². The van der Waals surface area contributed by atoms with Crippen LogP contribution in [0.4, 0.5) is 0 Å². The molecule has 122 valence electrons. The van der Waals surface area contributed by atoms with Crippen LogP contribution in [0.5, 0.6) is 0 Å². The smallest absolute Gasteiger partial charge is 0.274 e. The molecule has 3 aromatic rings. The summed E-state index contributed by atoms with van der Waals surface area (Å²) in [5, 5.41) is 3.75. The molecule has 5 heteroatoms. The Labute approximate surface area is 136 Å². The van der Waals surface area contributed by atoms with E-state index in [0.717, 1.165) is 16.5 Å². The van der Waals surface area contributed by atoms with Crippen LogP contribution in [0.2, 0.25) is 0 Å². The van der Waals surface area contributed by atoms with Gasteiger partial charge in [-0.25, -0.2) is 0 Å². The molecule has 1 aromatic carbocycles. The number of aromatic nitrogens is 2. The molecule has 5 nitrogen and oxygen atoms in total. The lowest BCUT2D eigenvalue weighted by Gasteiger charge is -2.10. The highest BCUT2D eigenvalue weighted by molar-refractivity contribution is 5.97. The van der Waals surface area contributed by atoms with Crippen molar-refractivity contribution in [3.05, 3.63) is 58.6 Å². The number of pyridine rings is 1. The summed E-state index contributed by atoms with van der Waals surface area (Å²) in [6.45, 7) is 3.86. The topological polar surface area (TPSA) is 66.9 Å². The van der Waals surface area contributed by atoms with Gasteiger partial charge in [-0.15, -0.1) is 0 Å². The second kappa shape index (κ2) is 5.76. The van der Waals surface area contributed by atoms with Gasteiger partial charge in [-0.2, -0.15) is 0 Å². The van der Waals surface area contributed by atoms with Gasteiger partial charge in [0.05, 0.1) is 0 Å². The molecular weight excluding hydrogens is 290 g/mol. The van der Waals surface area contributed by atoms with E-state index in [1.165, 1.54) is 0 Å². The van der Waals surface area contributed by atoms with Crippen LogP contribution < -0.4 is 10.9 Å². The maximum Gasteiger partial charge on any atom is 0.274 e. The predicted molar refractivity (Wildman–Crippen MR) is 95.8 cm³/mol. The third-order valence-electron chi connectivity index (χ3n) is 3.77. The number of carbonyl (C=O) groups excluding carboxylic acids is 1. The Morgan fingerprint density at radius 1 is 1.22 bits per heavy atom. The average molecular weight is 313 g/mol. The first kappa shape index (κ1) is 15.1. The van der Waals surface area contributed by atoms with Crippen LogP contribution in [0.1, 0.15) is 27.1 Å². The van der Waals surface area contributed by atoms with Crippen LogP contribution in [-0.2, 0) is 7.05 Å². The number of H-pyrrole nitrogens is 1. The minimum Gasteiger partial charge on any atom is -0.357 e. The third kappa shape index (κ3) is 2.77. The lowest BCUT2D eigenvalue weighted by molar-refractivity contribution is 0.0943. The fraction of sp³-hybridized carbons (Fsp3) is 0.222. The summed E-state index contributed by atoms with van der Waals surface area (Å²) in [6, 6.07) is 9.41. The van der Waals surface area contributed by atoms with E-state index in [1.807, 2.05) is 38.2 Å². The molecule has 0 radical (unpaired) electrons. The highest BCUT2D eigenvalue weighted by Crippen LogP contribution is 2.26. The van der Waals surface area contributed by atoms with Gasteiger partial charge >= 0.3 is 0 Å². The van der Waals surface area contributed by atoms with Gasteiger partial charge in [-0.3, -0.25) is 9.59 Å². The Morgan fingerprint density at radius 2 is 1.91 bits per heavy atom. The van der Waals surface area contributed by atoms with Crippen LogP contribution in [0.3, 0.4) is 0 Å². The Bertz CT molecular complexity index is 928. The van der Waals surface area contributed by atoms with Crippen LogP contribution in [0.15, 0.2) is 47.5 Å². The first-order valence-corrected chi connectivity index (χ1v) is 7.55. The highest BCUT2D eigenvalue weighted by Gasteiger charge is 2.11. The molecule has 0 fully saturated rings. The van der Waals surface area contributed by atoms with Crippen molar-refractivity contribution < 1.29 is 7.65 Å². The normalized spacial score (nSPS) is 11.1. The molecule has 2 aromatic heterocycles. The number of hydrogen-bond acceptors (Lipinski definition) is 2. The number of aryl methyl sites for hydroxylation is 1. The van der Waals surface area contributed by atoms with Gasteiger partial charge in [0.2, 0.25) is 0 Å². The van der Waals surface area contributed by atoms with E-state index in [2.05, 4.69) is 10.3 Å². The Kier molecular flexibility index (Phi) is 3.78. The Hall–Kier alpha value is -2.82. The van der Waals surface area contributed by atoms with E-state index in [-0.39, 0.29) is 20.4 Å². The van der Waals surface area contributed by atoms with Gasteiger partial charge in [0.15, 0.2) is 0 Å². The number of nitrogens with zero attached hydrogens (tertiary/aromatic N) is 1. The fourth-order valence-electron chi connectivity index (χ4n) is 2.65. The van der Waals surface area contributed by atoms with Crippen molar-refractivity contribution in [1.82, 2.24) is 14.9 Å². The standard InChI is InChI=1S/C18H19N3O2.2H2/c1-11(2)20-17(22)13-6-4-12(5-7-13)15-10-21(3)18(23)16-14(15)8-9-19-16;;/h4-11,19H,1-3H3,(H,20,22);2*1H. The predicted octanol–water partition coefficient (Wildman–Crippen LogP) is 3.16. The van der Waals surface area contributed by atoms with Crippen molar-refractivity contribution in [1.29, 1.82) is 0 Å². The molecule has 2 heterocycles. The maximum atomic E-state index is 12.1. The fourth-order valence-corrected chi connectivity index (χ4v) is 2.65. The van der Waals surface area contributed by atoms with Gasteiger partial charge in [-0.05, 0) is 37.6 Å². The summed E-state index contributed by atoms with van der Waals surface area (Å²) in [5.74, 6) is -0.0844. The summed E-state index contributed by atoms with van der Waals surface area (Å²) < 4.78 is 1.56. The molecule has 0 spiro atoms. The van der Waals surface area contributed by atoms with Crippen molar-refractivity contribution in [3.8, 4) is 11.1 Å². The van der Waals surface area contributed by atoms with Crippen LogP contribution >= 0.6 is 0 Å². The number of aromatic amines is 1. The zero-order chi connectivity index (χ0) is 16.6. The molecule has 0 bridgehead atoms. The maximum absolute atomic E-state index is 12.1. The summed E-state index contributed by atoms with van der Waals surface area (Å²) in [5.41, 5.74) is 3.08. The number of carbonyl (C=O) groups is 1. The lowest BCUT2D eigenvalue weighted by atomic mass is 10.0. The molecule has 23 heavy (non-hydrogen) atoms. The van der Waals surface area contributed by atoms with Crippen molar-refractivity contribution in [3.63, 3.8) is 0 Å². The third-order valence-corrected chi connectivity index (χ3v) is 3.77. The number of hydrogen-bond donors (Lipinski definition) is 2. The molecule has 2 N–H and O–H groups in total. The average Bonchev–Trinajstić information content (AvgIpc) is 3.00. The largest absolute Gasteiger partial charge is 0.357 e. The molecule has 0 unspecified atom stereocenters. The summed E-state index contributed by atoms with van der Waals surface area (Å²) in [7, 11) is 1.73. The van der Waals surface area contributed by atoms with Crippen molar-refractivity contribution >= 4 is 16.8 Å². The summed E-state index contributed by atoms with van der Waals surface area (Å²) >= 11 is 0. The minimum atomic E-state index is -0.0844. The monoisotopic (exact) mass is 313 g/mol. The number of rotatable bonds is 3. The van der Waals surface area contributed by atoms with E-state index in [1.54, 1.807) is 29.9 Å². The highest BCUT2D eigenvalue weighted by atomic mass is 16.1. The van der Waals surface area contributed by atoms with E-state index in [4.69, 9.17) is 0 Å². The molecule has 0 saturated heterocycles. The van der Waals surface area contributed by atoms with Crippen LogP contribution in [0, 0.1) is 0 Å². The Morgan fingerprint density at radius 3 is 2.57 bits per heavy atom. The zero-order valence-electron chi connectivity index (χ0n) is 13.4. The van der Waals surface area contributed by atoms with Crippen molar-refractivity contribution in [2.24, 2.45) is 7.05 Å². The number of amides is 1. The molecule has 3 rings (SSSR count). The summed E-state index contributed by atoms with van der Waals surface area (Å²) in [4.78, 5) is 27.1. The number of fused-ring (bicyclic) bond motifs is 1. The van der Waals surface area contributed by atoms with Crippen LogP contribution in [-0.4, -0.2) is 21.5 Å². The lowest BCUT2D eigenvalue weighted by Crippen LogP contribution is -2.29. The SMILES string of the molecule is CC(C)NC(=O)c1ccc(-c2cn(C)c(=O)c3[nH]ccc23)cc1.[HH].[HH]. The van der Waals surface area contributed by atoms with Gasteiger partial charge in [-0.1, -0.05) is 12.1 Å². The van der Waals surface area contributed by atoms with Gasteiger partial charge in [0.1, 0.15) is 5.52 Å². The number of benzene rings is 1. The van der Waals surface area contributed by atoms with Gasteiger partial charge in [0, 0.05) is 44.8 Å². The minimum absolute atomic E-state index is 0. The molecule has 0 atom stereocenters. The van der Waals surface area contributed by atoms with Gasteiger partial charge < -0.3 is 14.9 Å². The molecule has 0 aliphatic heterocycles. The van der Waals surface area contributed by atoms with Crippen LogP contribution in [0.25, 0.3) is 22.0 Å². The Balaban J connectivity index is 0.00000156. The van der Waals surface area contributed by atoms with E-state index < -0.39 is 0 Å². The first-order chi connectivity index (χ1) is 11.0. The molecule has 1 amide bonds. The van der Waals surface area contributed by atoms with E-state index in [9.17, 15) is 9.59 Å². The second-order valence-corrected chi connectivity index (χ2v) is 5.93. The molecule has 0 saturated carbocycles. The molecule has 0 aliphatic rings. The second-order valence-electron chi connectivity index (χ2n) is 5.93. The quantitative estimate of drug-likeness (QED) is 0.780. The summed E-state index contributed by atoms with van der Waals surface area (Å²) in [6.07, 6.45) is 3.59. The van der Waals surface area contributed by atoms with E-state index in [0.29, 0.717) is 11.1 Å². The van der Waals surface area contributed by atoms with E-state index >= 15 is 0 Å². The van der Waals surface area contributed by atoms with Crippen molar-refractivity contribution in [2.45, 2.75) is 19.9 Å². The number of nitrogens with one attached hydrogen (secondary N) is 2. The zero-order valence-corrected chi connectivity index (χ0v) is 13.4. The molecule has 0 aliphatic carbocycles. The van der Waals surface area contributed by atoms with Gasteiger partial charge in [0.25, 0.3) is 11.5 Å². The first-order valence-electron chi connectivity index (χ1n) is 7.55.